The van der Waals surface area contributed by atoms with Crippen molar-refractivity contribution in [2.24, 2.45) is 0 Å². The van der Waals surface area contributed by atoms with Gasteiger partial charge in [0, 0.05) is 0 Å². The van der Waals surface area contributed by atoms with Gasteiger partial charge >= 0.3 is 0 Å². The van der Waals surface area contributed by atoms with E-state index >= 15 is 0 Å². The molecule has 0 aromatic carbocycles. The number of thiol groups is 1. The lowest BCUT2D eigenvalue weighted by molar-refractivity contribution is -0.104. The highest BCUT2D eigenvalue weighted by atomic mass is 32.2. The van der Waals surface area contributed by atoms with E-state index in [2.05, 4.69) is 10.8 Å². The third-order valence-corrected chi connectivity index (χ3v) is 2.51. The molecule has 0 N–H and O–H groups in total. The summed E-state index contributed by atoms with van der Waals surface area (Å²) in [4.78, 5) is 9.84. The number of aldehydes is 1. The summed E-state index contributed by atoms with van der Waals surface area (Å²) in [6.45, 7) is 0. The van der Waals surface area contributed by atoms with Gasteiger partial charge in [-0.25, -0.2) is 0 Å². The molecule has 1 aliphatic rings. The molecule has 0 fully saturated rings. The number of hydrogen-bond donors (Lipinski definition) is 1. The van der Waals surface area contributed by atoms with Crippen molar-refractivity contribution < 1.29 is 4.79 Å². The zero-order chi connectivity index (χ0) is 6.53. The SMILES string of the molecule is O=CC=C[SH]1C=CC=C1. The molecule has 0 amide bonds. The molecule has 0 atom stereocenters. The van der Waals surface area contributed by atoms with E-state index in [1.165, 1.54) is 0 Å². The third kappa shape index (κ3) is 1.90. The van der Waals surface area contributed by atoms with E-state index in [9.17, 15) is 4.79 Å². The zero-order valence-corrected chi connectivity index (χ0v) is 5.79. The highest BCUT2D eigenvalue weighted by molar-refractivity contribution is 8.24. The smallest absolute Gasteiger partial charge is 0.143 e. The normalized spacial score (nSPS) is 19.8. The predicted octanol–water partition coefficient (Wildman–Crippen LogP) is 1.74. The fourth-order valence-electron chi connectivity index (χ4n) is 0.582. The maximum Gasteiger partial charge on any atom is 0.143 e. The molecule has 0 saturated carbocycles. The van der Waals surface area contributed by atoms with Gasteiger partial charge < -0.3 is 0 Å². The van der Waals surface area contributed by atoms with Gasteiger partial charge in [-0.3, -0.25) is 4.79 Å². The molecule has 0 bridgehead atoms. The van der Waals surface area contributed by atoms with Crippen molar-refractivity contribution in [1.29, 1.82) is 0 Å². The van der Waals surface area contributed by atoms with Gasteiger partial charge in [-0.05, 0) is 22.3 Å². The van der Waals surface area contributed by atoms with Crippen LogP contribution >= 0.6 is 10.9 Å². The summed E-state index contributed by atoms with van der Waals surface area (Å²) < 4.78 is 0. The molecule has 2 heteroatoms. The first-order valence-corrected chi connectivity index (χ1v) is 4.23. The maximum atomic E-state index is 9.84. The molecule has 48 valence electrons. The molecule has 0 spiro atoms. The molecule has 1 nitrogen and oxygen atoms in total. The Balaban J connectivity index is 2.45. The minimum Gasteiger partial charge on any atom is -0.299 e. The van der Waals surface area contributed by atoms with Crippen molar-refractivity contribution in [2.45, 2.75) is 0 Å². The van der Waals surface area contributed by atoms with Gasteiger partial charge in [0.25, 0.3) is 0 Å². The quantitative estimate of drug-likeness (QED) is 0.351. The van der Waals surface area contributed by atoms with Crippen molar-refractivity contribution in [2.75, 3.05) is 0 Å². The molecule has 1 aliphatic heterocycles. The van der Waals surface area contributed by atoms with Crippen LogP contribution < -0.4 is 0 Å². The number of rotatable bonds is 2. The largest absolute Gasteiger partial charge is 0.299 e. The molecule has 9 heavy (non-hydrogen) atoms. The summed E-state index contributed by atoms with van der Waals surface area (Å²) >= 11 is 0. The van der Waals surface area contributed by atoms with Crippen molar-refractivity contribution in [3.63, 3.8) is 0 Å². The van der Waals surface area contributed by atoms with Gasteiger partial charge in [-0.1, -0.05) is 12.2 Å². The molecule has 1 heterocycles. The van der Waals surface area contributed by atoms with E-state index < -0.39 is 0 Å². The summed E-state index contributed by atoms with van der Waals surface area (Å²) in [5, 5.41) is 6.10. The fourth-order valence-corrected chi connectivity index (χ4v) is 1.75. The number of hydrogen-bond acceptors (Lipinski definition) is 1. The van der Waals surface area contributed by atoms with Crippen LogP contribution in [0.4, 0.5) is 0 Å². The number of carbonyl (C=O) groups is 1. The van der Waals surface area contributed by atoms with Crippen molar-refractivity contribution >= 4 is 17.2 Å². The van der Waals surface area contributed by atoms with Crippen LogP contribution in [0.1, 0.15) is 0 Å². The summed E-state index contributed by atoms with van der Waals surface area (Å²) in [5.74, 6) is 0. The molecular weight excluding hydrogens is 132 g/mol. The molecular formula is C7H8OS. The van der Waals surface area contributed by atoms with Crippen LogP contribution in [0.3, 0.4) is 0 Å². The second-order valence-electron chi connectivity index (χ2n) is 1.61. The first-order valence-electron chi connectivity index (χ1n) is 2.68. The standard InChI is InChI=1S/C7H8OS/c8-4-3-7-9-5-1-2-6-9/h1-7,9H. The Morgan fingerprint density at radius 3 is 2.44 bits per heavy atom. The molecule has 0 aliphatic carbocycles. The van der Waals surface area contributed by atoms with Crippen molar-refractivity contribution in [1.82, 2.24) is 0 Å². The zero-order valence-electron chi connectivity index (χ0n) is 4.90. The van der Waals surface area contributed by atoms with E-state index in [0.717, 1.165) is 6.29 Å². The Hall–Kier alpha value is -0.760. The highest BCUT2D eigenvalue weighted by Crippen LogP contribution is 2.33. The average Bonchev–Trinajstić information content (AvgIpc) is 2.34. The third-order valence-electron chi connectivity index (χ3n) is 0.964. The average molecular weight is 140 g/mol. The van der Waals surface area contributed by atoms with Crippen LogP contribution in [0, 0.1) is 0 Å². The molecule has 0 aromatic heterocycles. The number of allylic oxidation sites excluding steroid dienone is 3. The van der Waals surface area contributed by atoms with Crippen molar-refractivity contribution in [3.05, 3.63) is 34.5 Å². The summed E-state index contributed by atoms with van der Waals surface area (Å²) in [6.07, 6.45) is 6.36. The summed E-state index contributed by atoms with van der Waals surface area (Å²) in [7, 11) is -0.224. The Morgan fingerprint density at radius 1 is 1.22 bits per heavy atom. The maximum absolute atomic E-state index is 9.84. The van der Waals surface area contributed by atoms with Gasteiger partial charge in [0.15, 0.2) is 0 Å². The molecule has 0 unspecified atom stereocenters. The second kappa shape index (κ2) is 3.30. The fraction of sp³-hybridized carbons (Fsp3) is 0. The predicted molar refractivity (Wildman–Crippen MR) is 42.5 cm³/mol. The van der Waals surface area contributed by atoms with Gasteiger partial charge in [0.2, 0.25) is 0 Å². The van der Waals surface area contributed by atoms with Crippen LogP contribution in [-0.2, 0) is 4.79 Å². The topological polar surface area (TPSA) is 17.1 Å². The lowest BCUT2D eigenvalue weighted by atomic mass is 10.6. The monoisotopic (exact) mass is 140 g/mol. The van der Waals surface area contributed by atoms with Crippen LogP contribution in [0.25, 0.3) is 0 Å². The molecule has 0 radical (unpaired) electrons. The minimum absolute atomic E-state index is 0.224. The van der Waals surface area contributed by atoms with E-state index in [0.29, 0.717) is 0 Å². The molecule has 1 rings (SSSR count). The second-order valence-corrected chi connectivity index (χ2v) is 3.40. The van der Waals surface area contributed by atoms with Gasteiger partial charge in [-0.2, -0.15) is 10.9 Å². The van der Waals surface area contributed by atoms with E-state index in [-0.39, 0.29) is 10.9 Å². The minimum atomic E-state index is -0.224. The summed E-state index contributed by atoms with van der Waals surface area (Å²) in [6, 6.07) is 0. The van der Waals surface area contributed by atoms with Crippen LogP contribution in [0.2, 0.25) is 0 Å². The lowest BCUT2D eigenvalue weighted by Crippen LogP contribution is -1.59. The first-order chi connectivity index (χ1) is 4.43. The molecule has 0 aromatic rings. The molecule has 0 saturated heterocycles. The Kier molecular flexibility index (Phi) is 2.33. The Morgan fingerprint density at radius 2 is 1.89 bits per heavy atom. The van der Waals surface area contributed by atoms with Gasteiger partial charge in [-0.15, -0.1) is 0 Å². The van der Waals surface area contributed by atoms with Crippen LogP contribution in [0.15, 0.2) is 34.5 Å². The summed E-state index contributed by atoms with van der Waals surface area (Å²) in [5.41, 5.74) is 0. The first kappa shape index (κ1) is 6.36. The van der Waals surface area contributed by atoms with Crippen molar-refractivity contribution in [3.8, 4) is 0 Å². The van der Waals surface area contributed by atoms with Gasteiger partial charge in [0.05, 0.1) is 0 Å². The van der Waals surface area contributed by atoms with E-state index in [1.807, 2.05) is 17.6 Å². The van der Waals surface area contributed by atoms with Gasteiger partial charge in [0.1, 0.15) is 6.29 Å². The van der Waals surface area contributed by atoms with E-state index in [4.69, 9.17) is 0 Å². The lowest BCUT2D eigenvalue weighted by Gasteiger charge is -1.97. The van der Waals surface area contributed by atoms with E-state index in [1.54, 1.807) is 6.08 Å². The Bertz CT molecular complexity index is 167. The van der Waals surface area contributed by atoms with Crippen LogP contribution in [0.5, 0.6) is 0 Å². The highest BCUT2D eigenvalue weighted by Gasteiger charge is 1.89. The number of carbonyl (C=O) groups excluding carboxylic acids is 1. The van der Waals surface area contributed by atoms with Crippen LogP contribution in [-0.4, -0.2) is 6.29 Å². The Labute approximate surface area is 57.1 Å².